The maximum Gasteiger partial charge on any atom is 0.325 e. The van der Waals surface area contributed by atoms with Gasteiger partial charge in [0.1, 0.15) is 18.9 Å². The van der Waals surface area contributed by atoms with Crippen molar-refractivity contribution in [2.75, 3.05) is 13.7 Å². The van der Waals surface area contributed by atoms with Crippen LogP contribution < -0.4 is 10.1 Å². The number of aryl methyl sites for hydroxylation is 1. The molecule has 2 aromatic rings. The smallest absolute Gasteiger partial charge is 0.325 e. The Labute approximate surface area is 147 Å². The molecule has 0 aliphatic heterocycles. The maximum absolute atomic E-state index is 11.8. The van der Waals surface area contributed by atoms with Crippen LogP contribution in [0.3, 0.4) is 0 Å². The van der Waals surface area contributed by atoms with Gasteiger partial charge in [0.05, 0.1) is 7.11 Å². The monoisotopic (exact) mass is 339 g/mol. The number of benzene rings is 2. The van der Waals surface area contributed by atoms with Crippen molar-refractivity contribution in [1.29, 1.82) is 0 Å². The normalized spacial score (nSPS) is 10.5. The number of carbonyl (C=O) groups is 2. The van der Waals surface area contributed by atoms with Gasteiger partial charge in [0.2, 0.25) is 5.91 Å². The van der Waals surface area contributed by atoms with E-state index in [-0.39, 0.29) is 19.1 Å². The Morgan fingerprint density at radius 2 is 1.88 bits per heavy atom. The third-order valence-electron chi connectivity index (χ3n) is 3.45. The molecular formula is C20H21NO4. The second-order valence-corrected chi connectivity index (χ2v) is 5.44. The summed E-state index contributed by atoms with van der Waals surface area (Å²) in [6.07, 6.45) is 3.01. The van der Waals surface area contributed by atoms with Gasteiger partial charge in [-0.05, 0) is 30.7 Å². The van der Waals surface area contributed by atoms with Gasteiger partial charge in [0.15, 0.2) is 0 Å². The fourth-order valence-corrected chi connectivity index (χ4v) is 2.16. The molecule has 1 N–H and O–H groups in total. The van der Waals surface area contributed by atoms with Crippen LogP contribution in [0.15, 0.2) is 54.6 Å². The molecule has 0 heterocycles. The van der Waals surface area contributed by atoms with Crippen LogP contribution in [0.1, 0.15) is 16.7 Å². The number of methoxy groups -OCH3 is 1. The third-order valence-corrected chi connectivity index (χ3v) is 3.45. The Balaban J connectivity index is 1.80. The Kier molecular flexibility index (Phi) is 6.77. The average Bonchev–Trinajstić information content (AvgIpc) is 2.64. The first-order chi connectivity index (χ1) is 12.1. The lowest BCUT2D eigenvalue weighted by atomic mass is 10.1. The van der Waals surface area contributed by atoms with Crippen molar-refractivity contribution in [3.05, 3.63) is 71.3 Å². The van der Waals surface area contributed by atoms with Crippen molar-refractivity contribution in [1.82, 2.24) is 5.32 Å². The Bertz CT molecular complexity index is 754. The largest absolute Gasteiger partial charge is 0.496 e. The standard InChI is InChI=1S/C20H21NO4/c1-15-8-10-18(24-2)17(12-15)9-11-19(22)21-13-20(23)25-14-16-6-4-3-5-7-16/h3-12H,13-14H2,1-2H3,(H,21,22)/b11-9+. The second-order valence-electron chi connectivity index (χ2n) is 5.44. The quantitative estimate of drug-likeness (QED) is 0.622. The maximum atomic E-state index is 11.8. The van der Waals surface area contributed by atoms with Gasteiger partial charge in [0.25, 0.3) is 0 Å². The summed E-state index contributed by atoms with van der Waals surface area (Å²) in [4.78, 5) is 23.5. The molecule has 130 valence electrons. The lowest BCUT2D eigenvalue weighted by molar-refractivity contribution is -0.144. The molecule has 0 radical (unpaired) electrons. The van der Waals surface area contributed by atoms with E-state index in [2.05, 4.69) is 5.32 Å². The minimum atomic E-state index is -0.487. The van der Waals surface area contributed by atoms with Crippen LogP contribution in [0, 0.1) is 6.92 Å². The molecule has 5 heteroatoms. The predicted molar refractivity (Wildman–Crippen MR) is 96.0 cm³/mol. The summed E-state index contributed by atoms with van der Waals surface area (Å²) in [7, 11) is 1.57. The summed E-state index contributed by atoms with van der Waals surface area (Å²) in [5.74, 6) is -0.184. The van der Waals surface area contributed by atoms with Gasteiger partial charge in [-0.1, -0.05) is 42.0 Å². The number of hydrogen-bond donors (Lipinski definition) is 1. The highest BCUT2D eigenvalue weighted by Crippen LogP contribution is 2.20. The van der Waals surface area contributed by atoms with Crippen LogP contribution in [0.25, 0.3) is 6.08 Å². The van der Waals surface area contributed by atoms with Gasteiger partial charge in [-0.3, -0.25) is 9.59 Å². The van der Waals surface area contributed by atoms with Crippen LogP contribution >= 0.6 is 0 Å². The topological polar surface area (TPSA) is 64.6 Å². The molecule has 25 heavy (non-hydrogen) atoms. The molecule has 0 unspecified atom stereocenters. The molecule has 0 aliphatic carbocycles. The highest BCUT2D eigenvalue weighted by Gasteiger charge is 2.06. The summed E-state index contributed by atoms with van der Waals surface area (Å²) in [6, 6.07) is 15.0. The van der Waals surface area contributed by atoms with E-state index in [0.29, 0.717) is 5.75 Å². The lowest BCUT2D eigenvalue weighted by Gasteiger charge is -2.06. The number of rotatable bonds is 7. The van der Waals surface area contributed by atoms with Gasteiger partial charge in [-0.25, -0.2) is 0 Å². The summed E-state index contributed by atoms with van der Waals surface area (Å²) < 4.78 is 10.3. The molecule has 0 saturated carbocycles. The first-order valence-electron chi connectivity index (χ1n) is 7.88. The minimum Gasteiger partial charge on any atom is -0.496 e. The van der Waals surface area contributed by atoms with Gasteiger partial charge >= 0.3 is 5.97 Å². The van der Waals surface area contributed by atoms with Gasteiger partial charge in [0, 0.05) is 11.6 Å². The lowest BCUT2D eigenvalue weighted by Crippen LogP contribution is -2.29. The van der Waals surface area contributed by atoms with E-state index >= 15 is 0 Å². The predicted octanol–water partition coefficient (Wildman–Crippen LogP) is 2.88. The fourth-order valence-electron chi connectivity index (χ4n) is 2.16. The first-order valence-corrected chi connectivity index (χ1v) is 7.88. The first kappa shape index (κ1) is 18.3. The van der Waals surface area contributed by atoms with Crippen molar-refractivity contribution >= 4 is 18.0 Å². The highest BCUT2D eigenvalue weighted by atomic mass is 16.5. The minimum absolute atomic E-state index is 0.180. The van der Waals surface area contributed by atoms with Crippen molar-refractivity contribution in [2.45, 2.75) is 13.5 Å². The van der Waals surface area contributed by atoms with E-state index in [1.165, 1.54) is 6.08 Å². The zero-order valence-electron chi connectivity index (χ0n) is 14.3. The van der Waals surface area contributed by atoms with Gasteiger partial charge < -0.3 is 14.8 Å². The molecule has 2 aromatic carbocycles. The molecule has 5 nitrogen and oxygen atoms in total. The molecule has 0 aliphatic rings. The number of carbonyl (C=O) groups excluding carboxylic acids is 2. The highest BCUT2D eigenvalue weighted by molar-refractivity contribution is 5.94. The molecule has 0 spiro atoms. The second kappa shape index (κ2) is 9.27. The summed E-state index contributed by atoms with van der Waals surface area (Å²) in [5, 5.41) is 2.50. The number of hydrogen-bond acceptors (Lipinski definition) is 4. The van der Waals surface area contributed by atoms with Crippen molar-refractivity contribution in [3.63, 3.8) is 0 Å². The van der Waals surface area contributed by atoms with E-state index < -0.39 is 5.97 Å². The Morgan fingerprint density at radius 3 is 2.60 bits per heavy atom. The van der Waals surface area contributed by atoms with Crippen LogP contribution in [-0.2, 0) is 20.9 Å². The zero-order chi connectivity index (χ0) is 18.1. The van der Waals surface area contributed by atoms with Crippen LogP contribution in [0.4, 0.5) is 0 Å². The van der Waals surface area contributed by atoms with Crippen molar-refractivity contribution in [2.24, 2.45) is 0 Å². The van der Waals surface area contributed by atoms with Gasteiger partial charge in [-0.15, -0.1) is 0 Å². The van der Waals surface area contributed by atoms with E-state index in [1.807, 2.05) is 55.5 Å². The number of esters is 1. The Morgan fingerprint density at radius 1 is 1.12 bits per heavy atom. The number of amides is 1. The molecule has 0 fully saturated rings. The summed E-state index contributed by atoms with van der Waals surface area (Å²) in [5.41, 5.74) is 2.75. The van der Waals surface area contributed by atoms with E-state index in [9.17, 15) is 9.59 Å². The zero-order valence-corrected chi connectivity index (χ0v) is 14.3. The van der Waals surface area contributed by atoms with Crippen molar-refractivity contribution in [3.8, 4) is 5.75 Å². The molecule has 0 bridgehead atoms. The third kappa shape index (κ3) is 6.14. The molecular weight excluding hydrogens is 318 g/mol. The molecule has 2 rings (SSSR count). The van der Waals surface area contributed by atoms with E-state index in [1.54, 1.807) is 13.2 Å². The SMILES string of the molecule is COc1ccc(C)cc1/C=C/C(=O)NCC(=O)OCc1ccccc1. The van der Waals surface area contributed by atoms with Crippen molar-refractivity contribution < 1.29 is 19.1 Å². The fraction of sp³-hybridized carbons (Fsp3) is 0.200. The average molecular weight is 339 g/mol. The van der Waals surface area contributed by atoms with Crippen LogP contribution in [-0.4, -0.2) is 25.5 Å². The summed E-state index contributed by atoms with van der Waals surface area (Å²) in [6.45, 7) is 1.96. The molecule has 0 aromatic heterocycles. The van der Waals surface area contributed by atoms with Crippen LogP contribution in [0.5, 0.6) is 5.75 Å². The Hall–Kier alpha value is -3.08. The summed E-state index contributed by atoms with van der Waals surface area (Å²) >= 11 is 0. The van der Waals surface area contributed by atoms with Crippen LogP contribution in [0.2, 0.25) is 0 Å². The molecule has 0 saturated heterocycles. The van der Waals surface area contributed by atoms with Gasteiger partial charge in [-0.2, -0.15) is 0 Å². The van der Waals surface area contributed by atoms with E-state index in [4.69, 9.17) is 9.47 Å². The number of nitrogens with one attached hydrogen (secondary N) is 1. The molecule has 0 atom stereocenters. The molecule has 1 amide bonds. The number of ether oxygens (including phenoxy) is 2. The van der Waals surface area contributed by atoms with E-state index in [0.717, 1.165) is 16.7 Å².